The Morgan fingerprint density at radius 3 is 2.47 bits per heavy atom. The molecular formula is C12H20N2O. The van der Waals surface area contributed by atoms with E-state index in [9.17, 15) is 5.11 Å². The number of nitrogens with one attached hydrogen (secondary N) is 1. The Morgan fingerprint density at radius 2 is 1.93 bits per heavy atom. The van der Waals surface area contributed by atoms with Gasteiger partial charge in [-0.05, 0) is 25.7 Å². The van der Waals surface area contributed by atoms with Gasteiger partial charge in [-0.1, -0.05) is 5.92 Å². The van der Waals surface area contributed by atoms with Crippen molar-refractivity contribution in [2.75, 3.05) is 19.6 Å². The van der Waals surface area contributed by atoms with E-state index in [0.29, 0.717) is 12.1 Å². The van der Waals surface area contributed by atoms with Crippen molar-refractivity contribution in [1.29, 1.82) is 0 Å². The van der Waals surface area contributed by atoms with Crippen molar-refractivity contribution >= 4 is 0 Å². The Hall–Kier alpha value is -0.560. The van der Waals surface area contributed by atoms with Crippen molar-refractivity contribution in [3.05, 3.63) is 0 Å². The van der Waals surface area contributed by atoms with Crippen LogP contribution in [0, 0.1) is 12.3 Å². The van der Waals surface area contributed by atoms with Gasteiger partial charge < -0.3 is 10.4 Å². The van der Waals surface area contributed by atoms with Crippen molar-refractivity contribution in [3.63, 3.8) is 0 Å². The van der Waals surface area contributed by atoms with Crippen LogP contribution in [0.2, 0.25) is 0 Å². The number of aliphatic hydroxyl groups excluding tert-OH is 1. The standard InChI is InChI=1S/C12H20N2O/c1-2-5-14-6-3-10(4-7-14)13-11-8-12(15)9-11/h1,10-13,15H,3-9H2. The summed E-state index contributed by atoms with van der Waals surface area (Å²) in [5.74, 6) is 2.69. The van der Waals surface area contributed by atoms with Gasteiger partial charge in [0.15, 0.2) is 0 Å². The lowest BCUT2D eigenvalue weighted by Gasteiger charge is -2.38. The first-order valence-electron chi connectivity index (χ1n) is 5.88. The summed E-state index contributed by atoms with van der Waals surface area (Å²) in [6.45, 7) is 3.00. The van der Waals surface area contributed by atoms with Gasteiger partial charge in [0.05, 0.1) is 12.6 Å². The van der Waals surface area contributed by atoms with E-state index in [1.165, 1.54) is 12.8 Å². The second-order valence-corrected chi connectivity index (χ2v) is 4.74. The number of piperidine rings is 1. The zero-order chi connectivity index (χ0) is 10.7. The highest BCUT2D eigenvalue weighted by atomic mass is 16.3. The maximum atomic E-state index is 9.19. The van der Waals surface area contributed by atoms with Crippen LogP contribution in [0.5, 0.6) is 0 Å². The summed E-state index contributed by atoms with van der Waals surface area (Å²) < 4.78 is 0. The summed E-state index contributed by atoms with van der Waals surface area (Å²) in [7, 11) is 0. The predicted molar refractivity (Wildman–Crippen MR) is 60.5 cm³/mol. The molecule has 1 aliphatic heterocycles. The minimum Gasteiger partial charge on any atom is -0.393 e. The molecule has 3 heteroatoms. The first kappa shape index (κ1) is 10.9. The number of hydrogen-bond acceptors (Lipinski definition) is 3. The summed E-state index contributed by atoms with van der Waals surface area (Å²) >= 11 is 0. The summed E-state index contributed by atoms with van der Waals surface area (Å²) in [6.07, 6.45) is 9.48. The molecule has 2 N–H and O–H groups in total. The topological polar surface area (TPSA) is 35.5 Å². The summed E-state index contributed by atoms with van der Waals surface area (Å²) in [6, 6.07) is 1.20. The molecule has 0 spiro atoms. The third-order valence-electron chi connectivity index (χ3n) is 3.49. The number of hydrogen-bond donors (Lipinski definition) is 2. The van der Waals surface area contributed by atoms with Crippen LogP contribution in [0.1, 0.15) is 25.7 Å². The molecule has 0 unspecified atom stereocenters. The molecule has 0 bridgehead atoms. The van der Waals surface area contributed by atoms with Crippen molar-refractivity contribution in [1.82, 2.24) is 10.2 Å². The molecule has 1 saturated carbocycles. The van der Waals surface area contributed by atoms with Crippen molar-refractivity contribution in [2.45, 2.75) is 43.9 Å². The van der Waals surface area contributed by atoms with Gasteiger partial charge in [0.1, 0.15) is 0 Å². The van der Waals surface area contributed by atoms with E-state index in [1.807, 2.05) is 0 Å². The van der Waals surface area contributed by atoms with E-state index in [4.69, 9.17) is 6.42 Å². The van der Waals surface area contributed by atoms with Crippen LogP contribution < -0.4 is 5.32 Å². The van der Waals surface area contributed by atoms with E-state index in [-0.39, 0.29) is 6.10 Å². The lowest BCUT2D eigenvalue weighted by molar-refractivity contribution is 0.0527. The van der Waals surface area contributed by atoms with E-state index < -0.39 is 0 Å². The Bertz CT molecular complexity index is 234. The molecule has 2 fully saturated rings. The highest BCUT2D eigenvalue weighted by molar-refractivity contribution is 4.92. The number of nitrogens with zero attached hydrogens (tertiary/aromatic N) is 1. The molecule has 0 radical (unpaired) electrons. The highest BCUT2D eigenvalue weighted by Crippen LogP contribution is 2.21. The van der Waals surface area contributed by atoms with Crippen LogP contribution in [0.25, 0.3) is 0 Å². The normalized spacial score (nSPS) is 33.3. The van der Waals surface area contributed by atoms with Crippen LogP contribution >= 0.6 is 0 Å². The highest BCUT2D eigenvalue weighted by Gasteiger charge is 2.29. The molecule has 2 aliphatic rings. The predicted octanol–water partition coefficient (Wildman–Crippen LogP) is 0.197. The Balaban J connectivity index is 1.63. The fourth-order valence-electron chi connectivity index (χ4n) is 2.44. The smallest absolute Gasteiger partial charge is 0.0598 e. The first-order chi connectivity index (χ1) is 7.28. The monoisotopic (exact) mass is 208 g/mol. The number of terminal acetylenes is 1. The zero-order valence-corrected chi connectivity index (χ0v) is 9.15. The van der Waals surface area contributed by atoms with Gasteiger partial charge in [-0.3, -0.25) is 4.90 Å². The average molecular weight is 208 g/mol. The van der Waals surface area contributed by atoms with Gasteiger partial charge in [-0.15, -0.1) is 6.42 Å². The molecule has 1 aliphatic carbocycles. The number of aliphatic hydroxyl groups is 1. The molecule has 84 valence electrons. The van der Waals surface area contributed by atoms with Gasteiger partial charge in [0.2, 0.25) is 0 Å². The van der Waals surface area contributed by atoms with Gasteiger partial charge in [-0.25, -0.2) is 0 Å². The number of rotatable bonds is 3. The molecule has 15 heavy (non-hydrogen) atoms. The quantitative estimate of drug-likeness (QED) is 0.650. The second-order valence-electron chi connectivity index (χ2n) is 4.74. The Kier molecular flexibility index (Phi) is 3.63. The molecule has 1 heterocycles. The van der Waals surface area contributed by atoms with Gasteiger partial charge in [0.25, 0.3) is 0 Å². The van der Waals surface area contributed by atoms with Crippen LogP contribution in [0.3, 0.4) is 0 Å². The fourth-order valence-corrected chi connectivity index (χ4v) is 2.44. The van der Waals surface area contributed by atoms with Crippen LogP contribution in [-0.2, 0) is 0 Å². The second kappa shape index (κ2) is 4.98. The minimum absolute atomic E-state index is 0.0518. The van der Waals surface area contributed by atoms with Crippen molar-refractivity contribution < 1.29 is 5.11 Å². The van der Waals surface area contributed by atoms with Gasteiger partial charge >= 0.3 is 0 Å². The summed E-state index contributed by atoms with van der Waals surface area (Å²) in [4.78, 5) is 2.33. The van der Waals surface area contributed by atoms with Crippen molar-refractivity contribution in [2.24, 2.45) is 0 Å². The molecule has 0 aromatic heterocycles. The van der Waals surface area contributed by atoms with Crippen LogP contribution in [-0.4, -0.2) is 47.8 Å². The lowest BCUT2D eigenvalue weighted by Crippen LogP contribution is -2.51. The molecule has 0 aromatic rings. The van der Waals surface area contributed by atoms with Crippen molar-refractivity contribution in [3.8, 4) is 12.3 Å². The van der Waals surface area contributed by atoms with E-state index in [1.54, 1.807) is 0 Å². The van der Waals surface area contributed by atoms with E-state index in [2.05, 4.69) is 16.1 Å². The molecule has 0 amide bonds. The Labute approximate surface area is 91.8 Å². The maximum Gasteiger partial charge on any atom is 0.0598 e. The minimum atomic E-state index is -0.0518. The third-order valence-corrected chi connectivity index (χ3v) is 3.49. The molecule has 3 nitrogen and oxygen atoms in total. The zero-order valence-electron chi connectivity index (χ0n) is 9.15. The average Bonchev–Trinajstić information content (AvgIpc) is 2.19. The lowest BCUT2D eigenvalue weighted by atomic mass is 9.88. The maximum absolute atomic E-state index is 9.19. The molecule has 0 atom stereocenters. The molecule has 1 saturated heterocycles. The largest absolute Gasteiger partial charge is 0.393 e. The van der Waals surface area contributed by atoms with E-state index in [0.717, 1.165) is 32.5 Å². The third kappa shape index (κ3) is 2.94. The molecular weight excluding hydrogens is 188 g/mol. The number of likely N-dealkylation sites (tertiary alicyclic amines) is 1. The van der Waals surface area contributed by atoms with Crippen LogP contribution in [0.15, 0.2) is 0 Å². The molecule has 2 rings (SSSR count). The van der Waals surface area contributed by atoms with Gasteiger partial charge in [0, 0.05) is 25.2 Å². The Morgan fingerprint density at radius 1 is 1.27 bits per heavy atom. The first-order valence-corrected chi connectivity index (χ1v) is 5.88. The fraction of sp³-hybridized carbons (Fsp3) is 0.833. The summed E-state index contributed by atoms with van der Waals surface area (Å²) in [5, 5.41) is 12.8. The SMILES string of the molecule is C#CCN1CCC(NC2CC(O)C2)CC1. The van der Waals surface area contributed by atoms with Gasteiger partial charge in [-0.2, -0.15) is 0 Å². The van der Waals surface area contributed by atoms with E-state index >= 15 is 0 Å². The molecule has 0 aromatic carbocycles. The summed E-state index contributed by atoms with van der Waals surface area (Å²) in [5.41, 5.74) is 0. The van der Waals surface area contributed by atoms with Crippen LogP contribution in [0.4, 0.5) is 0 Å².